The lowest BCUT2D eigenvalue weighted by Crippen LogP contribution is -2.39. The number of thioether (sulfide) groups is 1. The van der Waals surface area contributed by atoms with Crippen LogP contribution in [0.15, 0.2) is 18.2 Å². The Balaban J connectivity index is 1.59. The molecule has 0 aromatic heterocycles. The van der Waals surface area contributed by atoms with Crippen molar-refractivity contribution in [3.8, 4) is 0 Å². The summed E-state index contributed by atoms with van der Waals surface area (Å²) in [5.74, 6) is -0.0185. The smallest absolute Gasteiger partial charge is 0.316 e. The van der Waals surface area contributed by atoms with Crippen LogP contribution in [0.1, 0.15) is 43.7 Å². The molecule has 1 aromatic carbocycles. The normalized spacial score (nSPS) is 19.0. The summed E-state index contributed by atoms with van der Waals surface area (Å²) >= 11 is 1.17. The van der Waals surface area contributed by atoms with E-state index in [-0.39, 0.29) is 36.0 Å². The molecular formula is C21H30N2O4S. The Kier molecular flexibility index (Phi) is 8.83. The van der Waals surface area contributed by atoms with E-state index in [1.807, 2.05) is 32.0 Å². The summed E-state index contributed by atoms with van der Waals surface area (Å²) in [6, 6.07) is 5.99. The second-order valence-electron chi connectivity index (χ2n) is 7.54. The molecule has 1 aliphatic carbocycles. The fourth-order valence-corrected chi connectivity index (χ4v) is 3.84. The summed E-state index contributed by atoms with van der Waals surface area (Å²) in [6.07, 6.45) is 4.19. The minimum absolute atomic E-state index is 0.0362. The SMILES string of the molecule is Cc1ccc(NC(=O)CSCC(=O)OCC(=O)NC2CCC(C)CC2)c(C)c1. The molecule has 2 N–H and O–H groups in total. The third-order valence-electron chi connectivity index (χ3n) is 4.85. The number of aryl methyl sites for hydroxylation is 2. The fraction of sp³-hybridized carbons (Fsp3) is 0.571. The van der Waals surface area contributed by atoms with Crippen LogP contribution < -0.4 is 10.6 Å². The van der Waals surface area contributed by atoms with Crippen LogP contribution in [0.4, 0.5) is 5.69 Å². The second-order valence-corrected chi connectivity index (χ2v) is 8.53. The average molecular weight is 407 g/mol. The van der Waals surface area contributed by atoms with Crippen molar-refractivity contribution in [1.82, 2.24) is 5.32 Å². The molecule has 154 valence electrons. The number of anilines is 1. The van der Waals surface area contributed by atoms with Gasteiger partial charge >= 0.3 is 5.97 Å². The van der Waals surface area contributed by atoms with Crippen LogP contribution in [0.5, 0.6) is 0 Å². The first-order chi connectivity index (χ1) is 13.3. The highest BCUT2D eigenvalue weighted by Crippen LogP contribution is 2.23. The van der Waals surface area contributed by atoms with Gasteiger partial charge in [0.2, 0.25) is 5.91 Å². The van der Waals surface area contributed by atoms with Crippen LogP contribution in [-0.4, -0.2) is 41.9 Å². The maximum atomic E-state index is 12.0. The van der Waals surface area contributed by atoms with Crippen LogP contribution in [0.25, 0.3) is 0 Å². The second kappa shape index (κ2) is 11.1. The molecule has 28 heavy (non-hydrogen) atoms. The first kappa shape index (κ1) is 22.3. The predicted octanol–water partition coefficient (Wildman–Crippen LogP) is 3.21. The highest BCUT2D eigenvalue weighted by Gasteiger charge is 2.20. The number of carbonyl (C=O) groups excluding carboxylic acids is 3. The maximum absolute atomic E-state index is 12.0. The molecule has 0 spiro atoms. The van der Waals surface area contributed by atoms with E-state index in [2.05, 4.69) is 17.6 Å². The Morgan fingerprint density at radius 2 is 1.79 bits per heavy atom. The number of carbonyl (C=O) groups is 3. The molecule has 2 rings (SSSR count). The molecule has 1 aromatic rings. The van der Waals surface area contributed by atoms with Crippen molar-refractivity contribution < 1.29 is 19.1 Å². The van der Waals surface area contributed by atoms with Crippen LogP contribution in [-0.2, 0) is 19.1 Å². The molecule has 7 heteroatoms. The zero-order valence-electron chi connectivity index (χ0n) is 16.9. The molecule has 0 bridgehead atoms. The van der Waals surface area contributed by atoms with Crippen molar-refractivity contribution in [3.63, 3.8) is 0 Å². The number of hydrogen-bond donors (Lipinski definition) is 2. The Labute approximate surface area is 171 Å². The Morgan fingerprint density at radius 3 is 2.46 bits per heavy atom. The summed E-state index contributed by atoms with van der Waals surface area (Å²) in [5.41, 5.74) is 2.90. The number of amides is 2. The first-order valence-corrected chi connectivity index (χ1v) is 10.9. The highest BCUT2D eigenvalue weighted by atomic mass is 32.2. The van der Waals surface area contributed by atoms with E-state index >= 15 is 0 Å². The summed E-state index contributed by atoms with van der Waals surface area (Å²) in [7, 11) is 0. The molecular weight excluding hydrogens is 376 g/mol. The van der Waals surface area contributed by atoms with Gasteiger partial charge in [-0.3, -0.25) is 14.4 Å². The van der Waals surface area contributed by atoms with Crippen molar-refractivity contribution in [2.45, 2.75) is 52.5 Å². The lowest BCUT2D eigenvalue weighted by molar-refractivity contribution is -0.146. The maximum Gasteiger partial charge on any atom is 0.316 e. The predicted molar refractivity (Wildman–Crippen MR) is 112 cm³/mol. The lowest BCUT2D eigenvalue weighted by Gasteiger charge is -2.26. The van der Waals surface area contributed by atoms with Gasteiger partial charge in [-0.05, 0) is 57.1 Å². The summed E-state index contributed by atoms with van der Waals surface area (Å²) < 4.78 is 5.00. The quantitative estimate of drug-likeness (QED) is 0.648. The summed E-state index contributed by atoms with van der Waals surface area (Å²) in [4.78, 5) is 35.6. The fourth-order valence-electron chi connectivity index (χ4n) is 3.23. The number of ether oxygens (including phenoxy) is 1. The van der Waals surface area contributed by atoms with E-state index in [0.29, 0.717) is 0 Å². The van der Waals surface area contributed by atoms with Crippen molar-refractivity contribution in [2.75, 3.05) is 23.4 Å². The van der Waals surface area contributed by atoms with Crippen LogP contribution in [0, 0.1) is 19.8 Å². The highest BCUT2D eigenvalue weighted by molar-refractivity contribution is 8.00. The molecule has 0 radical (unpaired) electrons. The largest absolute Gasteiger partial charge is 0.455 e. The van der Waals surface area contributed by atoms with E-state index in [1.54, 1.807) is 0 Å². The summed E-state index contributed by atoms with van der Waals surface area (Å²) in [5, 5.41) is 5.75. The molecule has 1 saturated carbocycles. The zero-order valence-corrected chi connectivity index (χ0v) is 17.7. The average Bonchev–Trinajstić information content (AvgIpc) is 2.64. The summed E-state index contributed by atoms with van der Waals surface area (Å²) in [6.45, 7) is 5.89. The van der Waals surface area contributed by atoms with Crippen molar-refractivity contribution in [2.24, 2.45) is 5.92 Å². The molecule has 6 nitrogen and oxygen atoms in total. The third kappa shape index (κ3) is 7.92. The van der Waals surface area contributed by atoms with E-state index in [1.165, 1.54) is 11.8 Å². The standard InChI is InChI=1S/C21H30N2O4S/c1-14-4-7-17(8-5-14)22-19(24)11-27-21(26)13-28-12-20(25)23-18-9-6-15(2)10-16(18)3/h6,9-10,14,17H,4-5,7-8,11-13H2,1-3H3,(H,22,24)(H,23,25). The zero-order chi connectivity index (χ0) is 20.5. The monoisotopic (exact) mass is 406 g/mol. The Bertz CT molecular complexity index is 700. The van der Waals surface area contributed by atoms with Crippen molar-refractivity contribution >= 4 is 35.2 Å². The minimum Gasteiger partial charge on any atom is -0.455 e. The minimum atomic E-state index is -0.489. The van der Waals surface area contributed by atoms with Gasteiger partial charge in [0.1, 0.15) is 0 Å². The van der Waals surface area contributed by atoms with E-state index in [0.717, 1.165) is 48.4 Å². The Morgan fingerprint density at radius 1 is 1.07 bits per heavy atom. The molecule has 1 aliphatic rings. The number of esters is 1. The van der Waals surface area contributed by atoms with E-state index in [9.17, 15) is 14.4 Å². The van der Waals surface area contributed by atoms with E-state index in [4.69, 9.17) is 4.74 Å². The molecule has 1 fully saturated rings. The molecule has 0 heterocycles. The van der Waals surface area contributed by atoms with Gasteiger partial charge in [-0.1, -0.05) is 24.6 Å². The van der Waals surface area contributed by atoms with Crippen molar-refractivity contribution in [1.29, 1.82) is 0 Å². The number of hydrogen-bond acceptors (Lipinski definition) is 5. The van der Waals surface area contributed by atoms with Crippen molar-refractivity contribution in [3.05, 3.63) is 29.3 Å². The molecule has 0 saturated heterocycles. The van der Waals surface area contributed by atoms with Gasteiger partial charge in [0, 0.05) is 11.7 Å². The lowest BCUT2D eigenvalue weighted by atomic mass is 9.87. The van der Waals surface area contributed by atoms with Gasteiger partial charge < -0.3 is 15.4 Å². The van der Waals surface area contributed by atoms with Gasteiger partial charge in [0.05, 0.1) is 11.5 Å². The van der Waals surface area contributed by atoms with Gasteiger partial charge in [-0.25, -0.2) is 0 Å². The van der Waals surface area contributed by atoms with Crippen LogP contribution >= 0.6 is 11.8 Å². The molecule has 2 amide bonds. The number of benzene rings is 1. The van der Waals surface area contributed by atoms with Crippen LogP contribution in [0.2, 0.25) is 0 Å². The van der Waals surface area contributed by atoms with Gasteiger partial charge in [0.15, 0.2) is 6.61 Å². The molecule has 0 aliphatic heterocycles. The number of rotatable bonds is 8. The number of nitrogens with one attached hydrogen (secondary N) is 2. The Hall–Kier alpha value is -2.02. The van der Waals surface area contributed by atoms with E-state index < -0.39 is 5.97 Å². The first-order valence-electron chi connectivity index (χ1n) is 9.73. The van der Waals surface area contributed by atoms with Gasteiger partial charge in [-0.15, -0.1) is 11.8 Å². The topological polar surface area (TPSA) is 84.5 Å². The van der Waals surface area contributed by atoms with Gasteiger partial charge in [-0.2, -0.15) is 0 Å². The molecule has 0 unspecified atom stereocenters. The third-order valence-corrected chi connectivity index (χ3v) is 5.76. The van der Waals surface area contributed by atoms with Gasteiger partial charge in [0.25, 0.3) is 5.91 Å². The molecule has 0 atom stereocenters. The van der Waals surface area contributed by atoms with Crippen LogP contribution in [0.3, 0.4) is 0 Å².